The number of carbonyl (C=O) groups excluding carboxylic acids is 2. The maximum Gasteiger partial charge on any atom is 0.266 e. The van der Waals surface area contributed by atoms with Crippen LogP contribution < -0.4 is 0 Å². The van der Waals surface area contributed by atoms with Crippen LogP contribution >= 0.6 is 35.3 Å². The summed E-state index contributed by atoms with van der Waals surface area (Å²) in [6.45, 7) is 0.733. The van der Waals surface area contributed by atoms with E-state index in [1.807, 2.05) is 23.6 Å². The van der Waals surface area contributed by atoms with Gasteiger partial charge in [-0.1, -0.05) is 30.0 Å². The number of piperidine rings is 1. The lowest BCUT2D eigenvalue weighted by molar-refractivity contribution is -0.138. The van der Waals surface area contributed by atoms with E-state index in [4.69, 9.17) is 12.2 Å². The molecular formula is C17H20N2O3S3. The Kier molecular flexibility index (Phi) is 6.27. The molecule has 1 aromatic heterocycles. The molecule has 25 heavy (non-hydrogen) atoms. The predicted octanol–water partition coefficient (Wildman–Crippen LogP) is 2.71. The second kappa shape index (κ2) is 8.44. The lowest BCUT2D eigenvalue weighted by atomic mass is 9.99. The fraction of sp³-hybridized carbons (Fsp3) is 0.471. The number of thioether (sulfide) groups is 1. The van der Waals surface area contributed by atoms with Crippen molar-refractivity contribution >= 4 is 57.5 Å². The van der Waals surface area contributed by atoms with Crippen molar-refractivity contribution in [3.8, 4) is 0 Å². The van der Waals surface area contributed by atoms with Gasteiger partial charge in [0.15, 0.2) is 0 Å². The second-order valence-electron chi connectivity index (χ2n) is 6.03. The Bertz CT molecular complexity index is 685. The van der Waals surface area contributed by atoms with Gasteiger partial charge in [0, 0.05) is 24.1 Å². The van der Waals surface area contributed by atoms with Crippen LogP contribution in [0.15, 0.2) is 22.4 Å². The van der Waals surface area contributed by atoms with E-state index >= 15 is 0 Å². The minimum atomic E-state index is -0.201. The average Bonchev–Trinajstić information content (AvgIpc) is 3.20. The predicted molar refractivity (Wildman–Crippen MR) is 105 cm³/mol. The Balaban J connectivity index is 1.68. The molecule has 0 aliphatic carbocycles. The van der Waals surface area contributed by atoms with E-state index in [-0.39, 0.29) is 31.0 Å². The summed E-state index contributed by atoms with van der Waals surface area (Å²) in [6.07, 6.45) is 5.35. The summed E-state index contributed by atoms with van der Waals surface area (Å²) in [4.78, 5) is 30.1. The van der Waals surface area contributed by atoms with Crippen molar-refractivity contribution in [1.82, 2.24) is 9.80 Å². The maximum absolute atomic E-state index is 12.7. The lowest BCUT2D eigenvalue weighted by Gasteiger charge is -2.36. The van der Waals surface area contributed by atoms with Crippen molar-refractivity contribution in [2.24, 2.45) is 0 Å². The van der Waals surface area contributed by atoms with Gasteiger partial charge in [-0.05, 0) is 43.2 Å². The number of aliphatic hydroxyl groups excluding tert-OH is 1. The van der Waals surface area contributed by atoms with Gasteiger partial charge in [-0.15, -0.1) is 11.3 Å². The van der Waals surface area contributed by atoms with Gasteiger partial charge in [0.2, 0.25) is 5.91 Å². The van der Waals surface area contributed by atoms with Crippen LogP contribution in [-0.2, 0) is 9.59 Å². The zero-order valence-electron chi connectivity index (χ0n) is 13.7. The van der Waals surface area contributed by atoms with Crippen LogP contribution in [-0.4, -0.2) is 56.8 Å². The molecule has 134 valence electrons. The molecule has 3 heterocycles. The van der Waals surface area contributed by atoms with Crippen LogP contribution in [0.3, 0.4) is 0 Å². The molecule has 0 saturated carbocycles. The highest BCUT2D eigenvalue weighted by Crippen LogP contribution is 2.33. The van der Waals surface area contributed by atoms with E-state index in [0.29, 0.717) is 22.2 Å². The van der Waals surface area contributed by atoms with Crippen molar-refractivity contribution in [2.75, 3.05) is 19.7 Å². The van der Waals surface area contributed by atoms with Crippen molar-refractivity contribution in [1.29, 1.82) is 0 Å². The van der Waals surface area contributed by atoms with E-state index in [0.717, 1.165) is 24.1 Å². The summed E-state index contributed by atoms with van der Waals surface area (Å²) in [5.74, 6) is -0.292. The fourth-order valence-corrected chi connectivity index (χ4v) is 5.12. The molecule has 0 bridgehead atoms. The van der Waals surface area contributed by atoms with Gasteiger partial charge in [-0.25, -0.2) is 0 Å². The van der Waals surface area contributed by atoms with Gasteiger partial charge >= 0.3 is 0 Å². The molecule has 5 nitrogen and oxygen atoms in total. The number of rotatable bonds is 5. The molecule has 3 rings (SSSR count). The summed E-state index contributed by atoms with van der Waals surface area (Å²) in [6, 6.07) is 3.93. The smallest absolute Gasteiger partial charge is 0.266 e. The Morgan fingerprint density at radius 2 is 2.28 bits per heavy atom. The Labute approximate surface area is 160 Å². The number of aliphatic hydroxyl groups is 1. The van der Waals surface area contributed by atoms with E-state index in [9.17, 15) is 14.7 Å². The van der Waals surface area contributed by atoms with Gasteiger partial charge in [-0.2, -0.15) is 0 Å². The molecule has 0 unspecified atom stereocenters. The normalized spacial score (nSPS) is 22.9. The molecule has 1 N–H and O–H groups in total. The zero-order valence-corrected chi connectivity index (χ0v) is 16.2. The highest BCUT2D eigenvalue weighted by atomic mass is 32.2. The molecule has 2 fully saturated rings. The van der Waals surface area contributed by atoms with Gasteiger partial charge in [0.1, 0.15) is 10.9 Å². The number of hydrogen-bond acceptors (Lipinski definition) is 6. The molecule has 2 aliphatic heterocycles. The third kappa shape index (κ3) is 4.31. The molecule has 2 saturated heterocycles. The van der Waals surface area contributed by atoms with Crippen LogP contribution in [0.5, 0.6) is 0 Å². The third-order valence-corrected chi connectivity index (χ3v) is 6.59. The summed E-state index contributed by atoms with van der Waals surface area (Å²) in [5.41, 5.74) is 0. The average molecular weight is 397 g/mol. The number of thiocarbonyl (C=S) groups is 1. The summed E-state index contributed by atoms with van der Waals surface area (Å²) in [5, 5.41) is 11.2. The van der Waals surface area contributed by atoms with Crippen molar-refractivity contribution in [3.05, 3.63) is 27.3 Å². The largest absolute Gasteiger partial charge is 0.396 e. The van der Waals surface area contributed by atoms with E-state index in [2.05, 4.69) is 0 Å². The van der Waals surface area contributed by atoms with Crippen molar-refractivity contribution in [3.63, 3.8) is 0 Å². The van der Waals surface area contributed by atoms with Crippen LogP contribution in [0, 0.1) is 0 Å². The van der Waals surface area contributed by atoms with Crippen molar-refractivity contribution < 1.29 is 14.7 Å². The minimum Gasteiger partial charge on any atom is -0.396 e. The number of likely N-dealkylation sites (tertiary alicyclic amines) is 1. The number of nitrogens with zero attached hydrogens (tertiary/aromatic N) is 2. The highest BCUT2D eigenvalue weighted by Gasteiger charge is 2.36. The lowest BCUT2D eigenvalue weighted by Crippen LogP contribution is -2.49. The van der Waals surface area contributed by atoms with Gasteiger partial charge in [0.05, 0.1) is 4.91 Å². The molecule has 2 amide bonds. The fourth-order valence-electron chi connectivity index (χ4n) is 3.14. The Hall–Kier alpha value is -1.22. The number of thiophene rings is 1. The summed E-state index contributed by atoms with van der Waals surface area (Å²) in [7, 11) is 0. The molecule has 0 radical (unpaired) electrons. The van der Waals surface area contributed by atoms with Crippen LogP contribution in [0.4, 0.5) is 0 Å². The molecule has 8 heteroatoms. The summed E-state index contributed by atoms with van der Waals surface area (Å²) >= 11 is 8.11. The molecule has 1 atom stereocenters. The van der Waals surface area contributed by atoms with Gasteiger partial charge in [-0.3, -0.25) is 14.5 Å². The number of hydrogen-bond donors (Lipinski definition) is 1. The SMILES string of the molecule is O=C1/C(=C\c2cccs2)SC(=S)N1CC(=O)N1CCCC[C@@H]1CCO. The quantitative estimate of drug-likeness (QED) is 0.613. The monoisotopic (exact) mass is 396 g/mol. The second-order valence-corrected chi connectivity index (χ2v) is 8.69. The third-order valence-electron chi connectivity index (χ3n) is 4.39. The minimum absolute atomic E-state index is 0.0195. The van der Waals surface area contributed by atoms with E-state index in [1.165, 1.54) is 16.7 Å². The standard InChI is InChI=1S/C17H20N2O3S3/c20-8-6-12-4-1-2-7-18(12)15(21)11-19-16(22)14(25-17(19)23)10-13-5-3-9-24-13/h3,5,9-10,12,20H,1-2,4,6-8,11H2/b14-10+/t12-/m1/s1. The molecule has 0 aromatic carbocycles. The van der Waals surface area contributed by atoms with Crippen LogP contribution in [0.2, 0.25) is 0 Å². The Morgan fingerprint density at radius 1 is 1.44 bits per heavy atom. The number of carbonyl (C=O) groups is 2. The topological polar surface area (TPSA) is 60.9 Å². The molecule has 0 spiro atoms. The van der Waals surface area contributed by atoms with Crippen molar-refractivity contribution in [2.45, 2.75) is 31.7 Å². The molecule has 2 aliphatic rings. The van der Waals surface area contributed by atoms with Gasteiger partial charge in [0.25, 0.3) is 5.91 Å². The zero-order chi connectivity index (χ0) is 17.8. The van der Waals surface area contributed by atoms with Crippen LogP contribution in [0.1, 0.15) is 30.6 Å². The van der Waals surface area contributed by atoms with Crippen LogP contribution in [0.25, 0.3) is 6.08 Å². The number of amides is 2. The first-order valence-corrected chi connectivity index (χ1v) is 10.4. The highest BCUT2D eigenvalue weighted by molar-refractivity contribution is 8.26. The van der Waals surface area contributed by atoms with Gasteiger partial charge < -0.3 is 10.0 Å². The maximum atomic E-state index is 12.7. The van der Waals surface area contributed by atoms with E-state index in [1.54, 1.807) is 16.2 Å². The first kappa shape index (κ1) is 18.6. The molecular weight excluding hydrogens is 376 g/mol. The molecule has 1 aromatic rings. The first-order valence-electron chi connectivity index (χ1n) is 8.29. The van der Waals surface area contributed by atoms with E-state index < -0.39 is 0 Å². The first-order chi connectivity index (χ1) is 12.1. The summed E-state index contributed by atoms with van der Waals surface area (Å²) < 4.78 is 0.428. The Morgan fingerprint density at radius 3 is 3.00 bits per heavy atom.